The van der Waals surface area contributed by atoms with E-state index < -0.39 is 14.3 Å². The average molecular weight is 488 g/mol. The molecule has 0 aromatic rings. The zero-order chi connectivity index (χ0) is 24.2. The number of halogens is 1. The Morgan fingerprint density at radius 2 is 1.88 bits per heavy atom. The van der Waals surface area contributed by atoms with Crippen molar-refractivity contribution in [2.24, 2.45) is 0 Å². The highest BCUT2D eigenvalue weighted by atomic mass is 35.5. The molecule has 3 atom stereocenters. The summed E-state index contributed by atoms with van der Waals surface area (Å²) in [5.74, 6) is -0.716. The third-order valence-electron chi connectivity index (χ3n) is 7.25. The Kier molecular flexibility index (Phi) is 13.7. The van der Waals surface area contributed by atoms with Gasteiger partial charge in [0.05, 0.1) is 5.38 Å². The number of hydrogen-bond acceptors (Lipinski definition) is 3. The minimum Gasteiger partial charge on any atom is -0.481 e. The molecule has 1 fully saturated rings. The molecule has 0 amide bonds. The van der Waals surface area contributed by atoms with Gasteiger partial charge < -0.3 is 9.53 Å². The molecule has 188 valence electrons. The van der Waals surface area contributed by atoms with Crippen molar-refractivity contribution in [3.05, 3.63) is 12.2 Å². The maximum Gasteiger partial charge on any atom is 0.303 e. The Hall–Kier alpha value is -0.363. The predicted octanol–water partition coefficient (Wildman–Crippen LogP) is 7.62. The summed E-state index contributed by atoms with van der Waals surface area (Å²) in [6.07, 6.45) is 15.8. The predicted molar refractivity (Wildman–Crippen MR) is 140 cm³/mol. The fourth-order valence-electron chi connectivity index (χ4n) is 4.17. The van der Waals surface area contributed by atoms with Crippen molar-refractivity contribution in [3.63, 3.8) is 0 Å². The summed E-state index contributed by atoms with van der Waals surface area (Å²) in [7, 11) is -1.75. The number of carboxylic acid groups (broad SMARTS) is 1. The molecule has 0 bridgehead atoms. The number of allylic oxidation sites excluding steroid dienone is 1. The highest BCUT2D eigenvalue weighted by Gasteiger charge is 2.39. The molecule has 0 aliphatic carbocycles. The summed E-state index contributed by atoms with van der Waals surface area (Å²) < 4.78 is 6.82. The van der Waals surface area contributed by atoms with Gasteiger partial charge in [0.15, 0.2) is 8.32 Å². The lowest BCUT2D eigenvalue weighted by atomic mass is 10.1. The van der Waals surface area contributed by atoms with E-state index in [0.717, 1.165) is 45.2 Å². The Labute approximate surface area is 204 Å². The van der Waals surface area contributed by atoms with Gasteiger partial charge in [-0.1, -0.05) is 59.1 Å². The number of likely N-dealkylation sites (tertiary alicyclic amines) is 1. The van der Waals surface area contributed by atoms with Crippen LogP contribution in [0, 0.1) is 0 Å². The van der Waals surface area contributed by atoms with E-state index in [-0.39, 0.29) is 16.8 Å². The SMILES string of the molecule is CCCCCC(CCCN1CC[C@@H](Cl)C1C/C=C\CCCC(=O)O)O[Si](C)(C)C(C)(C)C. The fraction of sp³-hybridized carbons (Fsp3) is 0.885. The number of hydrogen-bond donors (Lipinski definition) is 1. The summed E-state index contributed by atoms with van der Waals surface area (Å²) in [5, 5.41) is 9.20. The Bertz CT molecular complexity index is 562. The second-order valence-electron chi connectivity index (χ2n) is 11.0. The topological polar surface area (TPSA) is 49.8 Å². The van der Waals surface area contributed by atoms with Crippen LogP contribution in [-0.4, -0.2) is 54.9 Å². The van der Waals surface area contributed by atoms with Crippen LogP contribution < -0.4 is 0 Å². The van der Waals surface area contributed by atoms with Gasteiger partial charge in [-0.2, -0.15) is 0 Å². The normalized spacial score (nSPS) is 21.5. The molecular weight excluding hydrogens is 438 g/mol. The zero-order valence-electron chi connectivity index (χ0n) is 21.7. The van der Waals surface area contributed by atoms with E-state index in [9.17, 15) is 4.79 Å². The zero-order valence-corrected chi connectivity index (χ0v) is 23.4. The van der Waals surface area contributed by atoms with Gasteiger partial charge in [0.25, 0.3) is 0 Å². The highest BCUT2D eigenvalue weighted by molar-refractivity contribution is 6.74. The molecule has 32 heavy (non-hydrogen) atoms. The van der Waals surface area contributed by atoms with E-state index >= 15 is 0 Å². The number of unbranched alkanes of at least 4 members (excludes halogenated alkanes) is 3. The van der Waals surface area contributed by atoms with Gasteiger partial charge in [-0.3, -0.25) is 9.69 Å². The summed E-state index contributed by atoms with van der Waals surface area (Å²) >= 11 is 6.65. The number of carboxylic acids is 1. The van der Waals surface area contributed by atoms with Gasteiger partial charge in [-0.15, -0.1) is 11.6 Å². The minimum absolute atomic E-state index is 0.211. The monoisotopic (exact) mass is 487 g/mol. The number of rotatable bonds is 16. The third-order valence-corrected chi connectivity index (χ3v) is 12.3. The molecule has 0 spiro atoms. The van der Waals surface area contributed by atoms with E-state index in [0.29, 0.717) is 18.6 Å². The Balaban J connectivity index is 2.53. The van der Waals surface area contributed by atoms with Crippen LogP contribution in [0.5, 0.6) is 0 Å². The van der Waals surface area contributed by atoms with Crippen molar-refractivity contribution >= 4 is 25.9 Å². The van der Waals surface area contributed by atoms with Crippen molar-refractivity contribution in [1.82, 2.24) is 4.90 Å². The fourth-order valence-corrected chi connectivity index (χ4v) is 5.96. The van der Waals surface area contributed by atoms with E-state index in [1.807, 2.05) is 0 Å². The van der Waals surface area contributed by atoms with Crippen molar-refractivity contribution in [2.75, 3.05) is 13.1 Å². The smallest absolute Gasteiger partial charge is 0.303 e. The van der Waals surface area contributed by atoms with Crippen LogP contribution in [0.4, 0.5) is 0 Å². The molecule has 0 aromatic heterocycles. The molecule has 0 aromatic carbocycles. The first-order valence-electron chi connectivity index (χ1n) is 12.9. The van der Waals surface area contributed by atoms with Crippen LogP contribution in [0.1, 0.15) is 98.3 Å². The summed E-state index contributed by atoms with van der Waals surface area (Å²) in [5.41, 5.74) is 0. The van der Waals surface area contributed by atoms with Crippen LogP contribution in [0.15, 0.2) is 12.2 Å². The molecule has 1 heterocycles. The molecule has 2 unspecified atom stereocenters. The number of alkyl halides is 1. The van der Waals surface area contributed by atoms with Crippen molar-refractivity contribution < 1.29 is 14.3 Å². The molecule has 1 aliphatic heterocycles. The minimum atomic E-state index is -1.75. The van der Waals surface area contributed by atoms with Crippen LogP contribution in [0.2, 0.25) is 18.1 Å². The largest absolute Gasteiger partial charge is 0.481 e. The average Bonchev–Trinajstić information content (AvgIpc) is 3.03. The first-order chi connectivity index (χ1) is 15.0. The van der Waals surface area contributed by atoms with Crippen LogP contribution in [-0.2, 0) is 9.22 Å². The first-order valence-corrected chi connectivity index (χ1v) is 16.2. The van der Waals surface area contributed by atoms with E-state index in [1.165, 1.54) is 25.7 Å². The molecule has 1 rings (SSSR count). The highest BCUT2D eigenvalue weighted by Crippen LogP contribution is 2.38. The van der Waals surface area contributed by atoms with E-state index in [1.54, 1.807) is 0 Å². The van der Waals surface area contributed by atoms with E-state index in [2.05, 4.69) is 57.8 Å². The van der Waals surface area contributed by atoms with E-state index in [4.69, 9.17) is 21.1 Å². The van der Waals surface area contributed by atoms with Crippen LogP contribution in [0.25, 0.3) is 0 Å². The van der Waals surface area contributed by atoms with Crippen LogP contribution >= 0.6 is 11.6 Å². The van der Waals surface area contributed by atoms with Gasteiger partial charge in [0.2, 0.25) is 0 Å². The molecule has 6 heteroatoms. The van der Waals surface area contributed by atoms with Crippen molar-refractivity contribution in [2.45, 2.75) is 134 Å². The molecule has 0 radical (unpaired) electrons. The quantitative estimate of drug-likeness (QED) is 0.105. The van der Waals surface area contributed by atoms with Gasteiger partial charge in [-0.05, 0) is 76.2 Å². The third kappa shape index (κ3) is 11.2. The summed E-state index contributed by atoms with van der Waals surface area (Å²) in [4.78, 5) is 13.2. The second-order valence-corrected chi connectivity index (χ2v) is 16.4. The van der Waals surface area contributed by atoms with Gasteiger partial charge in [0, 0.05) is 18.6 Å². The standard InChI is InChI=1S/C26H50ClNO3Si/c1-7-8-11-15-22(31-32(5,6)26(2,3)4)16-14-20-28-21-19-23(27)24(28)17-12-9-10-13-18-25(29)30/h9,12,22-24H,7-8,10-11,13-21H2,1-6H3,(H,29,30)/b12-9-/t22?,23-,24?/m1/s1. The van der Waals surface area contributed by atoms with Gasteiger partial charge in [0.1, 0.15) is 0 Å². The molecule has 1 saturated heterocycles. The van der Waals surface area contributed by atoms with Gasteiger partial charge >= 0.3 is 5.97 Å². The number of aliphatic carboxylic acids is 1. The summed E-state index contributed by atoms with van der Waals surface area (Å²) in [6.45, 7) is 16.2. The lowest BCUT2D eigenvalue weighted by molar-refractivity contribution is -0.137. The number of carbonyl (C=O) groups is 1. The molecule has 0 saturated carbocycles. The first kappa shape index (κ1) is 29.7. The molecule has 1 N–H and O–H groups in total. The molecular formula is C26H50ClNO3Si. The Morgan fingerprint density at radius 1 is 1.19 bits per heavy atom. The van der Waals surface area contributed by atoms with Gasteiger partial charge in [-0.25, -0.2) is 0 Å². The molecule has 1 aliphatic rings. The second kappa shape index (κ2) is 14.8. The lowest BCUT2D eigenvalue weighted by Gasteiger charge is -2.39. The van der Waals surface area contributed by atoms with Crippen molar-refractivity contribution in [3.8, 4) is 0 Å². The maximum atomic E-state index is 10.6. The number of nitrogens with zero attached hydrogens (tertiary/aromatic N) is 1. The summed E-state index contributed by atoms with van der Waals surface area (Å²) in [6, 6.07) is 0.396. The van der Waals surface area contributed by atoms with Crippen molar-refractivity contribution in [1.29, 1.82) is 0 Å². The maximum absolute atomic E-state index is 10.6. The Morgan fingerprint density at radius 3 is 2.50 bits per heavy atom. The molecule has 4 nitrogen and oxygen atoms in total. The lowest BCUT2D eigenvalue weighted by Crippen LogP contribution is -2.44. The van der Waals surface area contributed by atoms with Crippen LogP contribution in [0.3, 0.4) is 0 Å².